The standard InChI is InChI=1S/C36H30N4O3S/c1-23-7-6-10-28(17-23)36-39-32-16-13-27(21-34(32)40(36)22-26-11-14-31(15-12-26)44(41,42)43)29-19-30(18-25-8-4-3-5-9-25)35-33(20-29)37-24(2)38-35/h3-17,19-21H,18,22H2,1-2H3,(H,37,38)(H,41,42,43). The van der Waals surface area contributed by atoms with E-state index in [9.17, 15) is 13.0 Å². The second-order valence-electron chi connectivity index (χ2n) is 11.2. The van der Waals surface area contributed by atoms with Gasteiger partial charge in [-0.25, -0.2) is 9.97 Å². The third-order valence-electron chi connectivity index (χ3n) is 7.95. The van der Waals surface area contributed by atoms with E-state index in [-0.39, 0.29) is 4.90 Å². The molecule has 0 amide bonds. The summed E-state index contributed by atoms with van der Waals surface area (Å²) in [4.78, 5) is 13.1. The van der Waals surface area contributed by atoms with Crippen LogP contribution in [-0.2, 0) is 23.1 Å². The Labute approximate surface area is 255 Å². The monoisotopic (exact) mass is 598 g/mol. The first-order chi connectivity index (χ1) is 21.2. The molecule has 44 heavy (non-hydrogen) atoms. The number of rotatable bonds is 7. The Balaban J connectivity index is 1.37. The Morgan fingerprint density at radius 2 is 1.52 bits per heavy atom. The molecule has 2 heterocycles. The highest BCUT2D eigenvalue weighted by Gasteiger charge is 2.17. The minimum Gasteiger partial charge on any atom is -0.342 e. The first-order valence-electron chi connectivity index (χ1n) is 14.4. The molecule has 0 atom stereocenters. The highest BCUT2D eigenvalue weighted by atomic mass is 32.2. The number of aryl methyl sites for hydroxylation is 2. The molecule has 0 aliphatic heterocycles. The highest BCUT2D eigenvalue weighted by Crippen LogP contribution is 2.33. The molecule has 8 heteroatoms. The van der Waals surface area contributed by atoms with Crippen molar-refractivity contribution in [2.45, 2.75) is 31.7 Å². The molecule has 0 saturated carbocycles. The highest BCUT2D eigenvalue weighted by molar-refractivity contribution is 7.85. The number of H-pyrrole nitrogens is 1. The summed E-state index contributed by atoms with van der Waals surface area (Å²) in [5, 5.41) is 0. The SMILES string of the molecule is Cc1cccc(-c2nc3ccc(-c4cc(Cc5ccccc5)c5[nH]c(C)nc5c4)cc3n2Cc2ccc(S(=O)(=O)O)cc2)c1. The zero-order valence-corrected chi connectivity index (χ0v) is 25.1. The van der Waals surface area contributed by atoms with Gasteiger partial charge in [-0.05, 0) is 90.6 Å². The Morgan fingerprint density at radius 1 is 0.727 bits per heavy atom. The van der Waals surface area contributed by atoms with Crippen LogP contribution in [0.25, 0.3) is 44.6 Å². The van der Waals surface area contributed by atoms with Gasteiger partial charge in [0, 0.05) is 12.1 Å². The molecule has 2 N–H and O–H groups in total. The van der Waals surface area contributed by atoms with Crippen molar-refractivity contribution in [3.05, 3.63) is 137 Å². The zero-order valence-electron chi connectivity index (χ0n) is 24.3. The van der Waals surface area contributed by atoms with Gasteiger partial charge >= 0.3 is 0 Å². The lowest BCUT2D eigenvalue weighted by Gasteiger charge is -2.12. The normalized spacial score (nSPS) is 11.9. The van der Waals surface area contributed by atoms with Gasteiger partial charge in [0.25, 0.3) is 10.1 Å². The Morgan fingerprint density at radius 3 is 2.27 bits per heavy atom. The zero-order chi connectivity index (χ0) is 30.4. The molecule has 0 radical (unpaired) electrons. The molecular formula is C36H30N4O3S. The number of hydrogen-bond acceptors (Lipinski definition) is 4. The number of imidazole rings is 2. The molecule has 0 unspecified atom stereocenters. The summed E-state index contributed by atoms with van der Waals surface area (Å²) in [7, 11) is -4.27. The van der Waals surface area contributed by atoms with Crippen molar-refractivity contribution in [1.82, 2.24) is 19.5 Å². The summed E-state index contributed by atoms with van der Waals surface area (Å²) < 4.78 is 34.9. The fraction of sp³-hybridized carbons (Fsp3) is 0.111. The number of nitrogens with zero attached hydrogens (tertiary/aromatic N) is 3. The van der Waals surface area contributed by atoms with Crippen LogP contribution in [0.1, 0.15) is 28.1 Å². The molecule has 5 aromatic carbocycles. The van der Waals surface area contributed by atoms with Crippen LogP contribution in [-0.4, -0.2) is 32.5 Å². The molecule has 2 aromatic heterocycles. The van der Waals surface area contributed by atoms with Crippen molar-refractivity contribution in [2.75, 3.05) is 0 Å². The summed E-state index contributed by atoms with van der Waals surface area (Å²) in [6.07, 6.45) is 0.782. The van der Waals surface area contributed by atoms with Crippen molar-refractivity contribution in [2.24, 2.45) is 0 Å². The predicted octanol–water partition coefficient (Wildman–Crippen LogP) is 7.75. The lowest BCUT2D eigenvalue weighted by molar-refractivity contribution is 0.483. The van der Waals surface area contributed by atoms with E-state index < -0.39 is 10.1 Å². The minimum atomic E-state index is -4.27. The van der Waals surface area contributed by atoms with E-state index in [4.69, 9.17) is 9.97 Å². The molecule has 0 fully saturated rings. The molecule has 0 aliphatic carbocycles. The van der Waals surface area contributed by atoms with Gasteiger partial charge in [0.15, 0.2) is 0 Å². The van der Waals surface area contributed by atoms with Crippen LogP contribution >= 0.6 is 0 Å². The Bertz CT molecular complexity index is 2270. The average Bonchev–Trinajstić information content (AvgIpc) is 3.57. The van der Waals surface area contributed by atoms with Gasteiger partial charge in [-0.15, -0.1) is 0 Å². The van der Waals surface area contributed by atoms with E-state index in [0.29, 0.717) is 6.54 Å². The molecule has 7 rings (SSSR count). The number of nitrogens with one attached hydrogen (secondary N) is 1. The topological polar surface area (TPSA) is 101 Å². The largest absolute Gasteiger partial charge is 0.342 e. The van der Waals surface area contributed by atoms with Crippen molar-refractivity contribution in [3.8, 4) is 22.5 Å². The van der Waals surface area contributed by atoms with Gasteiger partial charge in [-0.1, -0.05) is 72.3 Å². The molecule has 0 aliphatic rings. The van der Waals surface area contributed by atoms with E-state index in [1.807, 2.05) is 19.1 Å². The number of aromatic amines is 1. The number of fused-ring (bicyclic) bond motifs is 2. The first kappa shape index (κ1) is 27.8. The van der Waals surface area contributed by atoms with E-state index in [1.165, 1.54) is 23.3 Å². The Hall–Kier alpha value is -5.05. The maximum Gasteiger partial charge on any atom is 0.294 e. The molecule has 7 aromatic rings. The summed E-state index contributed by atoms with van der Waals surface area (Å²) >= 11 is 0. The van der Waals surface area contributed by atoms with Gasteiger partial charge in [-0.3, -0.25) is 4.55 Å². The van der Waals surface area contributed by atoms with Crippen LogP contribution in [0.5, 0.6) is 0 Å². The van der Waals surface area contributed by atoms with E-state index in [2.05, 4.69) is 89.3 Å². The summed E-state index contributed by atoms with van der Waals surface area (Å²) in [6, 6.07) is 35.7. The van der Waals surface area contributed by atoms with Crippen LogP contribution in [0.2, 0.25) is 0 Å². The van der Waals surface area contributed by atoms with Crippen molar-refractivity contribution < 1.29 is 13.0 Å². The van der Waals surface area contributed by atoms with E-state index in [0.717, 1.165) is 68.0 Å². The van der Waals surface area contributed by atoms with Gasteiger partial charge in [0.1, 0.15) is 11.6 Å². The van der Waals surface area contributed by atoms with Crippen LogP contribution < -0.4 is 0 Å². The number of aromatic nitrogens is 4. The van der Waals surface area contributed by atoms with Gasteiger partial charge in [0.05, 0.1) is 27.0 Å². The van der Waals surface area contributed by atoms with Gasteiger partial charge in [0.2, 0.25) is 0 Å². The van der Waals surface area contributed by atoms with E-state index >= 15 is 0 Å². The maximum absolute atomic E-state index is 11.6. The number of benzene rings is 5. The molecule has 0 bridgehead atoms. The van der Waals surface area contributed by atoms with Crippen LogP contribution in [0.15, 0.2) is 114 Å². The van der Waals surface area contributed by atoms with Gasteiger partial charge in [-0.2, -0.15) is 8.42 Å². The molecule has 7 nitrogen and oxygen atoms in total. The van der Waals surface area contributed by atoms with Crippen molar-refractivity contribution in [3.63, 3.8) is 0 Å². The quantitative estimate of drug-likeness (QED) is 0.183. The average molecular weight is 599 g/mol. The van der Waals surface area contributed by atoms with Crippen molar-refractivity contribution >= 4 is 32.2 Å². The third kappa shape index (κ3) is 5.41. The summed E-state index contributed by atoms with van der Waals surface area (Å²) in [5.41, 5.74) is 11.3. The smallest absolute Gasteiger partial charge is 0.294 e. The lowest BCUT2D eigenvalue weighted by Crippen LogP contribution is -2.04. The second-order valence-corrected chi connectivity index (χ2v) is 12.6. The maximum atomic E-state index is 11.6. The summed E-state index contributed by atoms with van der Waals surface area (Å²) in [6.45, 7) is 4.50. The minimum absolute atomic E-state index is 0.131. The summed E-state index contributed by atoms with van der Waals surface area (Å²) in [5.74, 6) is 1.70. The fourth-order valence-corrected chi connectivity index (χ4v) is 6.33. The third-order valence-corrected chi connectivity index (χ3v) is 8.82. The van der Waals surface area contributed by atoms with E-state index in [1.54, 1.807) is 12.1 Å². The molecule has 0 spiro atoms. The Kier molecular flexibility index (Phi) is 6.88. The molecular weight excluding hydrogens is 568 g/mol. The predicted molar refractivity (Wildman–Crippen MR) is 174 cm³/mol. The first-order valence-corrected chi connectivity index (χ1v) is 15.8. The lowest BCUT2D eigenvalue weighted by atomic mass is 9.97. The fourth-order valence-electron chi connectivity index (χ4n) is 5.85. The van der Waals surface area contributed by atoms with Crippen LogP contribution in [0, 0.1) is 13.8 Å². The number of hydrogen-bond donors (Lipinski definition) is 2. The molecule has 0 saturated heterocycles. The van der Waals surface area contributed by atoms with Gasteiger partial charge < -0.3 is 9.55 Å². The van der Waals surface area contributed by atoms with Crippen LogP contribution in [0.3, 0.4) is 0 Å². The molecule has 218 valence electrons. The van der Waals surface area contributed by atoms with Crippen LogP contribution in [0.4, 0.5) is 0 Å². The van der Waals surface area contributed by atoms with Crippen molar-refractivity contribution in [1.29, 1.82) is 0 Å². The second kappa shape index (κ2) is 10.9.